The SMILES string of the molecule is COC(=O)Nc1ccc(NC(=O)C(=O)N2CCC3NC(=O)CCC3C2)cc1. The average molecular weight is 374 g/mol. The molecule has 2 aliphatic rings. The maximum Gasteiger partial charge on any atom is 0.411 e. The van der Waals surface area contributed by atoms with E-state index in [9.17, 15) is 19.2 Å². The molecule has 0 aliphatic carbocycles. The summed E-state index contributed by atoms with van der Waals surface area (Å²) in [6.45, 7) is 0.912. The van der Waals surface area contributed by atoms with Gasteiger partial charge in [-0.05, 0) is 43.0 Å². The zero-order valence-corrected chi connectivity index (χ0v) is 15.0. The highest BCUT2D eigenvalue weighted by molar-refractivity contribution is 6.39. The van der Waals surface area contributed by atoms with Crippen LogP contribution in [0.1, 0.15) is 19.3 Å². The lowest BCUT2D eigenvalue weighted by Crippen LogP contribution is -2.56. The Hall–Kier alpha value is -3.10. The van der Waals surface area contributed by atoms with Crippen molar-refractivity contribution in [2.75, 3.05) is 30.8 Å². The number of benzene rings is 1. The van der Waals surface area contributed by atoms with Gasteiger partial charge in [0, 0.05) is 36.9 Å². The first-order valence-electron chi connectivity index (χ1n) is 8.81. The molecule has 0 radical (unpaired) electrons. The average Bonchev–Trinajstić information content (AvgIpc) is 2.68. The van der Waals surface area contributed by atoms with Crippen molar-refractivity contribution < 1.29 is 23.9 Å². The Morgan fingerprint density at radius 2 is 1.78 bits per heavy atom. The van der Waals surface area contributed by atoms with Crippen LogP contribution in [0.3, 0.4) is 0 Å². The summed E-state index contributed by atoms with van der Waals surface area (Å²) in [4.78, 5) is 48.9. The van der Waals surface area contributed by atoms with Crippen molar-refractivity contribution >= 4 is 35.2 Å². The van der Waals surface area contributed by atoms with E-state index in [0.717, 1.165) is 6.42 Å². The van der Waals surface area contributed by atoms with E-state index in [1.165, 1.54) is 7.11 Å². The van der Waals surface area contributed by atoms with Crippen LogP contribution < -0.4 is 16.0 Å². The molecule has 2 fully saturated rings. The molecular formula is C18H22N4O5. The lowest BCUT2D eigenvalue weighted by atomic mass is 9.85. The quantitative estimate of drug-likeness (QED) is 0.666. The molecule has 1 aromatic carbocycles. The Morgan fingerprint density at radius 1 is 1.11 bits per heavy atom. The second kappa shape index (κ2) is 8.07. The summed E-state index contributed by atoms with van der Waals surface area (Å²) >= 11 is 0. The molecule has 1 aromatic rings. The topological polar surface area (TPSA) is 117 Å². The van der Waals surface area contributed by atoms with Crippen LogP contribution in [-0.2, 0) is 19.1 Å². The second-order valence-electron chi connectivity index (χ2n) is 6.66. The minimum absolute atomic E-state index is 0.0545. The highest BCUT2D eigenvalue weighted by Gasteiger charge is 2.36. The van der Waals surface area contributed by atoms with Crippen molar-refractivity contribution in [3.05, 3.63) is 24.3 Å². The van der Waals surface area contributed by atoms with Crippen molar-refractivity contribution in [2.45, 2.75) is 25.3 Å². The van der Waals surface area contributed by atoms with Gasteiger partial charge in [0.15, 0.2) is 0 Å². The van der Waals surface area contributed by atoms with Crippen molar-refractivity contribution in [3.8, 4) is 0 Å². The van der Waals surface area contributed by atoms with E-state index in [1.54, 1.807) is 29.2 Å². The number of hydrogen-bond acceptors (Lipinski definition) is 5. The van der Waals surface area contributed by atoms with Crippen molar-refractivity contribution in [1.29, 1.82) is 0 Å². The standard InChI is InChI=1S/C18H22N4O5/c1-27-18(26)20-13-5-3-12(4-6-13)19-16(24)17(25)22-9-8-14-11(10-22)2-7-15(23)21-14/h3-6,11,14H,2,7-10H2,1H3,(H,19,24)(H,20,26)(H,21,23). The lowest BCUT2D eigenvalue weighted by molar-refractivity contribution is -0.145. The molecule has 0 saturated carbocycles. The number of methoxy groups -OCH3 is 1. The summed E-state index contributed by atoms with van der Waals surface area (Å²) in [5.41, 5.74) is 0.955. The molecule has 9 heteroatoms. The summed E-state index contributed by atoms with van der Waals surface area (Å²) in [5, 5.41) is 8.02. The number of nitrogens with one attached hydrogen (secondary N) is 3. The Balaban J connectivity index is 1.54. The number of hydrogen-bond donors (Lipinski definition) is 3. The third-order valence-electron chi connectivity index (χ3n) is 4.88. The van der Waals surface area contributed by atoms with Crippen LogP contribution in [0.25, 0.3) is 0 Å². The number of anilines is 2. The molecule has 0 spiro atoms. The number of piperidine rings is 2. The third kappa shape index (κ3) is 4.55. The van der Waals surface area contributed by atoms with E-state index in [1.807, 2.05) is 0 Å². The monoisotopic (exact) mass is 374 g/mol. The van der Waals surface area contributed by atoms with Crippen molar-refractivity contribution in [3.63, 3.8) is 0 Å². The van der Waals surface area contributed by atoms with Crippen molar-refractivity contribution in [2.24, 2.45) is 5.92 Å². The molecule has 2 saturated heterocycles. The Morgan fingerprint density at radius 3 is 2.44 bits per heavy atom. The minimum Gasteiger partial charge on any atom is -0.453 e. The fourth-order valence-electron chi connectivity index (χ4n) is 3.43. The number of fused-ring (bicyclic) bond motifs is 1. The minimum atomic E-state index is -0.707. The molecular weight excluding hydrogens is 352 g/mol. The fourth-order valence-corrected chi connectivity index (χ4v) is 3.43. The maximum atomic E-state index is 12.4. The Labute approximate surface area is 156 Å². The predicted molar refractivity (Wildman–Crippen MR) is 97.0 cm³/mol. The first-order chi connectivity index (χ1) is 13.0. The number of carbonyl (C=O) groups is 4. The largest absolute Gasteiger partial charge is 0.453 e. The van der Waals surface area contributed by atoms with E-state index < -0.39 is 17.9 Å². The lowest BCUT2D eigenvalue weighted by Gasteiger charge is -2.41. The molecule has 9 nitrogen and oxygen atoms in total. The number of carbonyl (C=O) groups excluding carboxylic acids is 4. The van der Waals surface area contributed by atoms with E-state index in [2.05, 4.69) is 20.7 Å². The van der Waals surface area contributed by atoms with Gasteiger partial charge in [-0.3, -0.25) is 19.7 Å². The molecule has 4 amide bonds. The molecule has 0 bridgehead atoms. The van der Waals surface area contributed by atoms with Crippen LogP contribution in [0.2, 0.25) is 0 Å². The van der Waals surface area contributed by atoms with Gasteiger partial charge in [0.2, 0.25) is 5.91 Å². The molecule has 2 heterocycles. The number of rotatable bonds is 2. The Bertz CT molecular complexity index is 749. The van der Waals surface area contributed by atoms with Gasteiger partial charge in [0.05, 0.1) is 7.11 Å². The van der Waals surface area contributed by atoms with Crippen LogP contribution in [0.15, 0.2) is 24.3 Å². The summed E-state index contributed by atoms with van der Waals surface area (Å²) in [6, 6.07) is 6.44. The fraction of sp³-hybridized carbons (Fsp3) is 0.444. The summed E-state index contributed by atoms with van der Waals surface area (Å²) in [7, 11) is 1.26. The van der Waals surface area contributed by atoms with Crippen LogP contribution in [0, 0.1) is 5.92 Å². The van der Waals surface area contributed by atoms with Crippen LogP contribution in [0.4, 0.5) is 16.2 Å². The summed E-state index contributed by atoms with van der Waals surface area (Å²) < 4.78 is 4.50. The molecule has 2 unspecified atom stereocenters. The first-order valence-corrected chi connectivity index (χ1v) is 8.81. The Kier molecular flexibility index (Phi) is 5.58. The third-order valence-corrected chi connectivity index (χ3v) is 4.88. The van der Waals surface area contributed by atoms with Gasteiger partial charge >= 0.3 is 17.9 Å². The van der Waals surface area contributed by atoms with Gasteiger partial charge < -0.3 is 20.3 Å². The zero-order chi connectivity index (χ0) is 19.4. The molecule has 2 atom stereocenters. The molecule has 3 rings (SSSR count). The molecule has 27 heavy (non-hydrogen) atoms. The van der Waals surface area contributed by atoms with Crippen LogP contribution in [0.5, 0.6) is 0 Å². The molecule has 3 N–H and O–H groups in total. The molecule has 0 aromatic heterocycles. The summed E-state index contributed by atoms with van der Waals surface area (Å²) in [6.07, 6.45) is 1.26. The van der Waals surface area contributed by atoms with Gasteiger partial charge in [-0.15, -0.1) is 0 Å². The number of amides is 4. The van der Waals surface area contributed by atoms with Gasteiger partial charge in [0.25, 0.3) is 0 Å². The van der Waals surface area contributed by atoms with Gasteiger partial charge in [-0.2, -0.15) is 0 Å². The van der Waals surface area contributed by atoms with Crippen LogP contribution in [-0.4, -0.2) is 55.0 Å². The van der Waals surface area contributed by atoms with Crippen molar-refractivity contribution in [1.82, 2.24) is 10.2 Å². The van der Waals surface area contributed by atoms with E-state index in [4.69, 9.17) is 0 Å². The number of likely N-dealkylation sites (tertiary alicyclic amines) is 1. The second-order valence-corrected chi connectivity index (χ2v) is 6.66. The number of ether oxygens (including phenoxy) is 1. The zero-order valence-electron chi connectivity index (χ0n) is 15.0. The van der Waals surface area contributed by atoms with Gasteiger partial charge in [-0.1, -0.05) is 0 Å². The number of nitrogens with zero attached hydrogens (tertiary/aromatic N) is 1. The van der Waals surface area contributed by atoms with E-state index in [0.29, 0.717) is 37.3 Å². The summed E-state index contributed by atoms with van der Waals surface area (Å²) in [5.74, 6) is -1.04. The normalized spacial score (nSPS) is 21.5. The first kappa shape index (κ1) is 18.7. The molecule has 2 aliphatic heterocycles. The van der Waals surface area contributed by atoms with Gasteiger partial charge in [0.1, 0.15) is 0 Å². The van der Waals surface area contributed by atoms with E-state index in [-0.39, 0.29) is 17.9 Å². The van der Waals surface area contributed by atoms with Crippen LogP contribution >= 0.6 is 0 Å². The smallest absolute Gasteiger partial charge is 0.411 e. The van der Waals surface area contributed by atoms with E-state index >= 15 is 0 Å². The highest BCUT2D eigenvalue weighted by Crippen LogP contribution is 2.25. The predicted octanol–water partition coefficient (Wildman–Crippen LogP) is 0.931. The highest BCUT2D eigenvalue weighted by atomic mass is 16.5. The maximum absolute atomic E-state index is 12.4. The van der Waals surface area contributed by atoms with Gasteiger partial charge in [-0.25, -0.2) is 4.79 Å². The molecule has 144 valence electrons.